The Morgan fingerprint density at radius 2 is 2.00 bits per heavy atom. The Morgan fingerprint density at radius 1 is 1.25 bits per heavy atom. The highest BCUT2D eigenvalue weighted by Crippen LogP contribution is 2.38. The third-order valence-corrected chi connectivity index (χ3v) is 3.71. The summed E-state index contributed by atoms with van der Waals surface area (Å²) in [5.41, 5.74) is 0.747. The van der Waals surface area contributed by atoms with Crippen molar-refractivity contribution in [3.63, 3.8) is 0 Å². The number of ether oxygens (including phenoxy) is 1. The van der Waals surface area contributed by atoms with E-state index in [-0.39, 0.29) is 30.4 Å². The zero-order chi connectivity index (χ0) is 16.9. The minimum absolute atomic E-state index is 0.171. The molecule has 0 saturated heterocycles. The molecule has 6 nitrogen and oxygen atoms in total. The van der Waals surface area contributed by atoms with Crippen molar-refractivity contribution in [1.29, 1.82) is 0 Å². The van der Waals surface area contributed by atoms with E-state index in [9.17, 15) is 14.0 Å². The zero-order valence-electron chi connectivity index (χ0n) is 13.1. The summed E-state index contributed by atoms with van der Waals surface area (Å²) in [6, 6.07) is 8.72. The van der Waals surface area contributed by atoms with Gasteiger partial charge in [0.2, 0.25) is 0 Å². The average molecular weight is 331 g/mol. The second kappa shape index (κ2) is 7.25. The Balaban J connectivity index is 1.44. The van der Waals surface area contributed by atoms with Crippen molar-refractivity contribution in [2.24, 2.45) is 0 Å². The Hall–Kier alpha value is -2.70. The van der Waals surface area contributed by atoms with E-state index in [2.05, 4.69) is 10.4 Å². The maximum Gasteiger partial charge on any atom is 0.266 e. The SMILES string of the molecule is O=C(COc1ccc(F)cc1)NCCn1nc(C2CC2)ccc1=O. The predicted octanol–water partition coefficient (Wildman–Crippen LogP) is 1.45. The maximum atomic E-state index is 12.8. The van der Waals surface area contributed by atoms with Gasteiger partial charge in [-0.05, 0) is 43.2 Å². The van der Waals surface area contributed by atoms with Gasteiger partial charge in [0.25, 0.3) is 11.5 Å². The van der Waals surface area contributed by atoms with E-state index in [0.717, 1.165) is 18.5 Å². The zero-order valence-corrected chi connectivity index (χ0v) is 13.1. The highest BCUT2D eigenvalue weighted by Gasteiger charge is 2.25. The van der Waals surface area contributed by atoms with Crippen LogP contribution in [0.4, 0.5) is 4.39 Å². The molecule has 7 heteroatoms. The second-order valence-corrected chi connectivity index (χ2v) is 5.69. The fraction of sp³-hybridized carbons (Fsp3) is 0.353. The van der Waals surface area contributed by atoms with Gasteiger partial charge in [-0.3, -0.25) is 9.59 Å². The van der Waals surface area contributed by atoms with Crippen LogP contribution in [0.5, 0.6) is 5.75 Å². The Morgan fingerprint density at radius 3 is 2.71 bits per heavy atom. The lowest BCUT2D eigenvalue weighted by Gasteiger charge is -2.09. The summed E-state index contributed by atoms with van der Waals surface area (Å²) in [5, 5.41) is 6.99. The molecule has 1 saturated carbocycles. The number of hydrogen-bond donors (Lipinski definition) is 1. The molecule has 126 valence electrons. The molecule has 1 aliphatic carbocycles. The minimum atomic E-state index is -0.363. The second-order valence-electron chi connectivity index (χ2n) is 5.69. The van der Waals surface area contributed by atoms with Crippen molar-refractivity contribution in [2.45, 2.75) is 25.3 Å². The number of carbonyl (C=O) groups is 1. The molecule has 1 N–H and O–H groups in total. The Kier molecular flexibility index (Phi) is 4.88. The molecule has 1 amide bonds. The largest absolute Gasteiger partial charge is 0.484 e. The monoisotopic (exact) mass is 331 g/mol. The van der Waals surface area contributed by atoms with Crippen molar-refractivity contribution < 1.29 is 13.9 Å². The van der Waals surface area contributed by atoms with E-state index in [1.165, 1.54) is 35.0 Å². The van der Waals surface area contributed by atoms with Gasteiger partial charge >= 0.3 is 0 Å². The van der Waals surface area contributed by atoms with Crippen LogP contribution >= 0.6 is 0 Å². The van der Waals surface area contributed by atoms with Gasteiger partial charge < -0.3 is 10.1 Å². The standard InChI is InChI=1S/C17H18FN3O3/c18-13-3-5-14(6-4-13)24-11-16(22)19-9-10-21-17(23)8-7-15(20-21)12-1-2-12/h3-8,12H,1-2,9-11H2,(H,19,22). The molecule has 0 aliphatic heterocycles. The van der Waals surface area contributed by atoms with E-state index < -0.39 is 0 Å². The maximum absolute atomic E-state index is 12.8. The van der Waals surface area contributed by atoms with E-state index >= 15 is 0 Å². The van der Waals surface area contributed by atoms with Crippen molar-refractivity contribution in [1.82, 2.24) is 15.1 Å². The first-order chi connectivity index (χ1) is 11.6. The first kappa shape index (κ1) is 16.2. The molecule has 3 rings (SSSR count). The molecular weight excluding hydrogens is 313 g/mol. The molecule has 1 aliphatic rings. The summed E-state index contributed by atoms with van der Waals surface area (Å²) in [5.74, 6) is 0.209. The molecule has 1 heterocycles. The lowest BCUT2D eigenvalue weighted by Crippen LogP contribution is -2.34. The van der Waals surface area contributed by atoms with Crippen molar-refractivity contribution in [3.05, 3.63) is 58.3 Å². The van der Waals surface area contributed by atoms with Crippen molar-refractivity contribution in [3.8, 4) is 5.75 Å². The molecule has 1 aromatic carbocycles. The number of aromatic nitrogens is 2. The van der Waals surface area contributed by atoms with Crippen LogP contribution in [-0.4, -0.2) is 28.8 Å². The molecule has 24 heavy (non-hydrogen) atoms. The Bertz CT molecular complexity index is 769. The molecule has 0 unspecified atom stereocenters. The molecule has 0 atom stereocenters. The third-order valence-electron chi connectivity index (χ3n) is 3.71. The molecule has 0 bridgehead atoms. The van der Waals surface area contributed by atoms with E-state index in [1.54, 1.807) is 6.07 Å². The van der Waals surface area contributed by atoms with E-state index in [0.29, 0.717) is 18.2 Å². The summed E-state index contributed by atoms with van der Waals surface area (Å²) in [7, 11) is 0. The van der Waals surface area contributed by atoms with Crippen molar-refractivity contribution >= 4 is 5.91 Å². The topological polar surface area (TPSA) is 73.2 Å². The summed E-state index contributed by atoms with van der Waals surface area (Å²) in [6.45, 7) is 0.421. The summed E-state index contributed by atoms with van der Waals surface area (Å²) in [4.78, 5) is 23.5. The molecule has 1 fully saturated rings. The van der Waals surface area contributed by atoms with Gasteiger partial charge in [-0.1, -0.05) is 0 Å². The van der Waals surface area contributed by atoms with Gasteiger partial charge in [-0.25, -0.2) is 9.07 Å². The number of hydrogen-bond acceptors (Lipinski definition) is 4. The quantitative estimate of drug-likeness (QED) is 0.833. The van der Waals surface area contributed by atoms with Crippen LogP contribution in [0.3, 0.4) is 0 Å². The first-order valence-corrected chi connectivity index (χ1v) is 7.85. The van der Waals surface area contributed by atoms with Gasteiger partial charge in [0.05, 0.1) is 12.2 Å². The highest BCUT2D eigenvalue weighted by atomic mass is 19.1. The number of rotatable bonds is 7. The molecule has 0 spiro atoms. The molecule has 2 aromatic rings. The predicted molar refractivity (Wildman–Crippen MR) is 85.4 cm³/mol. The van der Waals surface area contributed by atoms with Crippen LogP contribution < -0.4 is 15.6 Å². The normalized spacial score (nSPS) is 13.5. The van der Waals surface area contributed by atoms with Crippen LogP contribution in [-0.2, 0) is 11.3 Å². The number of nitrogens with one attached hydrogen (secondary N) is 1. The van der Waals surface area contributed by atoms with Gasteiger partial charge in [-0.15, -0.1) is 0 Å². The summed E-state index contributed by atoms with van der Waals surface area (Å²) in [6.07, 6.45) is 2.23. The fourth-order valence-electron chi connectivity index (χ4n) is 2.25. The summed E-state index contributed by atoms with van der Waals surface area (Å²) >= 11 is 0. The average Bonchev–Trinajstić information content (AvgIpc) is 3.41. The van der Waals surface area contributed by atoms with E-state index in [4.69, 9.17) is 4.74 Å². The summed E-state index contributed by atoms with van der Waals surface area (Å²) < 4.78 is 19.4. The third kappa shape index (κ3) is 4.41. The number of amides is 1. The number of benzene rings is 1. The minimum Gasteiger partial charge on any atom is -0.484 e. The number of halogens is 1. The van der Waals surface area contributed by atoms with Gasteiger partial charge in [0, 0.05) is 18.5 Å². The number of nitrogens with zero attached hydrogens (tertiary/aromatic N) is 2. The lowest BCUT2D eigenvalue weighted by atomic mass is 10.3. The van der Waals surface area contributed by atoms with Crippen LogP contribution in [0, 0.1) is 5.82 Å². The fourth-order valence-corrected chi connectivity index (χ4v) is 2.25. The lowest BCUT2D eigenvalue weighted by molar-refractivity contribution is -0.123. The van der Waals surface area contributed by atoms with E-state index in [1.807, 2.05) is 0 Å². The van der Waals surface area contributed by atoms with Crippen LogP contribution in [0.2, 0.25) is 0 Å². The first-order valence-electron chi connectivity index (χ1n) is 7.85. The Labute approximate surface area is 138 Å². The molecular formula is C17H18FN3O3. The van der Waals surface area contributed by atoms with Gasteiger partial charge in [0.1, 0.15) is 11.6 Å². The van der Waals surface area contributed by atoms with Gasteiger partial charge in [-0.2, -0.15) is 5.10 Å². The highest BCUT2D eigenvalue weighted by molar-refractivity contribution is 5.77. The van der Waals surface area contributed by atoms with Gasteiger partial charge in [0.15, 0.2) is 6.61 Å². The molecule has 0 radical (unpaired) electrons. The molecule has 1 aromatic heterocycles. The van der Waals surface area contributed by atoms with Crippen LogP contribution in [0.15, 0.2) is 41.2 Å². The number of carbonyl (C=O) groups excluding carboxylic acids is 1. The van der Waals surface area contributed by atoms with Crippen molar-refractivity contribution in [2.75, 3.05) is 13.2 Å². The van der Waals surface area contributed by atoms with Crippen LogP contribution in [0.1, 0.15) is 24.5 Å². The van der Waals surface area contributed by atoms with Crippen LogP contribution in [0.25, 0.3) is 0 Å². The smallest absolute Gasteiger partial charge is 0.266 e.